The molecule has 0 aromatic heterocycles. The Morgan fingerprint density at radius 1 is 0.889 bits per heavy atom. The predicted octanol–water partition coefficient (Wildman–Crippen LogP) is 3.72. The summed E-state index contributed by atoms with van der Waals surface area (Å²) in [5.41, 5.74) is 9.06. The zero-order valence-electron chi connectivity index (χ0n) is 10.1. The molecule has 1 aliphatic carbocycles. The van der Waals surface area contributed by atoms with Crippen LogP contribution in [0.3, 0.4) is 0 Å². The van der Waals surface area contributed by atoms with E-state index in [2.05, 4.69) is 18.2 Å². The van der Waals surface area contributed by atoms with Gasteiger partial charge in [0.25, 0.3) is 0 Å². The van der Waals surface area contributed by atoms with Gasteiger partial charge < -0.3 is 10.5 Å². The molecular weight excluding hydrogens is 222 g/mol. The fourth-order valence-electron chi connectivity index (χ4n) is 2.20. The summed E-state index contributed by atoms with van der Waals surface area (Å²) in [4.78, 5) is 0. The minimum absolute atomic E-state index is 0.750. The lowest BCUT2D eigenvalue weighted by atomic mass is 9.96. The molecule has 18 heavy (non-hydrogen) atoms. The standard InChI is InChI=1S/C16H15NO/c17-13-8-10-14(11-9-13)18-16-7-3-5-12-4-1-2-6-15(12)16/h1-3,5,7-11H,4,6,17H2. The fourth-order valence-corrected chi connectivity index (χ4v) is 2.20. The molecule has 2 aromatic rings. The Morgan fingerprint density at radius 3 is 2.50 bits per heavy atom. The summed E-state index contributed by atoms with van der Waals surface area (Å²) in [6, 6.07) is 13.7. The van der Waals surface area contributed by atoms with Crippen LogP contribution in [-0.2, 0) is 12.8 Å². The smallest absolute Gasteiger partial charge is 0.131 e. The average Bonchev–Trinajstić information content (AvgIpc) is 2.42. The number of nitrogens with two attached hydrogens (primary N) is 1. The Balaban J connectivity index is 1.92. The number of fused-ring (bicyclic) bond motifs is 1. The van der Waals surface area contributed by atoms with Gasteiger partial charge in [-0.2, -0.15) is 0 Å². The van der Waals surface area contributed by atoms with Gasteiger partial charge in [-0.3, -0.25) is 0 Å². The second-order valence-corrected chi connectivity index (χ2v) is 4.44. The summed E-state index contributed by atoms with van der Waals surface area (Å²) in [5, 5.41) is 0. The highest BCUT2D eigenvalue weighted by molar-refractivity contribution is 5.48. The monoisotopic (exact) mass is 237 g/mol. The fraction of sp³-hybridized carbons (Fsp3) is 0.125. The second-order valence-electron chi connectivity index (χ2n) is 4.44. The van der Waals surface area contributed by atoms with Gasteiger partial charge in [0.1, 0.15) is 11.5 Å². The van der Waals surface area contributed by atoms with Crippen molar-refractivity contribution in [2.24, 2.45) is 0 Å². The van der Waals surface area contributed by atoms with Gasteiger partial charge in [0.2, 0.25) is 0 Å². The van der Waals surface area contributed by atoms with Crippen LogP contribution in [0.1, 0.15) is 11.1 Å². The van der Waals surface area contributed by atoms with E-state index in [0.29, 0.717) is 0 Å². The van der Waals surface area contributed by atoms with E-state index in [1.165, 1.54) is 11.1 Å². The molecule has 0 saturated carbocycles. The number of allylic oxidation sites excluding steroid dienone is 2. The van der Waals surface area contributed by atoms with E-state index in [9.17, 15) is 0 Å². The van der Waals surface area contributed by atoms with Crippen LogP contribution in [0.2, 0.25) is 0 Å². The Labute approximate surface area is 107 Å². The molecule has 2 N–H and O–H groups in total. The van der Waals surface area contributed by atoms with Gasteiger partial charge in [0, 0.05) is 11.3 Å². The van der Waals surface area contributed by atoms with Crippen molar-refractivity contribution in [2.75, 3.05) is 5.73 Å². The lowest BCUT2D eigenvalue weighted by molar-refractivity contribution is 0.476. The molecule has 0 amide bonds. The van der Waals surface area contributed by atoms with Crippen molar-refractivity contribution in [3.63, 3.8) is 0 Å². The summed E-state index contributed by atoms with van der Waals surface area (Å²) in [7, 11) is 0. The number of nitrogen functional groups attached to an aromatic ring is 1. The van der Waals surface area contributed by atoms with Gasteiger partial charge in [0.05, 0.1) is 0 Å². The largest absolute Gasteiger partial charge is 0.457 e. The molecule has 2 nitrogen and oxygen atoms in total. The minimum Gasteiger partial charge on any atom is -0.457 e. The Hall–Kier alpha value is -2.22. The molecule has 0 aliphatic heterocycles. The summed E-state index contributed by atoms with van der Waals surface area (Å²) >= 11 is 0. The van der Waals surface area contributed by atoms with E-state index in [4.69, 9.17) is 10.5 Å². The summed E-state index contributed by atoms with van der Waals surface area (Å²) in [6.07, 6.45) is 6.34. The molecule has 0 heterocycles. The van der Waals surface area contributed by atoms with E-state index >= 15 is 0 Å². The third-order valence-corrected chi connectivity index (χ3v) is 3.16. The van der Waals surface area contributed by atoms with Crippen molar-refractivity contribution in [2.45, 2.75) is 12.8 Å². The van der Waals surface area contributed by atoms with E-state index in [1.807, 2.05) is 36.4 Å². The maximum absolute atomic E-state index is 5.94. The molecule has 0 saturated heterocycles. The first-order chi connectivity index (χ1) is 8.83. The normalized spacial score (nSPS) is 13.1. The zero-order valence-corrected chi connectivity index (χ0v) is 10.1. The Kier molecular flexibility index (Phi) is 2.77. The number of benzene rings is 2. The van der Waals surface area contributed by atoms with Crippen LogP contribution in [0.25, 0.3) is 0 Å². The van der Waals surface area contributed by atoms with Crippen LogP contribution < -0.4 is 10.5 Å². The SMILES string of the molecule is Nc1ccc(Oc2cccc3c2CC=CC3)cc1. The van der Waals surface area contributed by atoms with E-state index in [-0.39, 0.29) is 0 Å². The number of hydrogen-bond acceptors (Lipinski definition) is 2. The van der Waals surface area contributed by atoms with Crippen molar-refractivity contribution in [3.05, 3.63) is 65.7 Å². The average molecular weight is 237 g/mol. The number of hydrogen-bond donors (Lipinski definition) is 1. The number of rotatable bonds is 2. The molecule has 90 valence electrons. The first-order valence-corrected chi connectivity index (χ1v) is 6.12. The van der Waals surface area contributed by atoms with Crippen LogP contribution in [0, 0.1) is 0 Å². The molecule has 0 bridgehead atoms. The van der Waals surface area contributed by atoms with Crippen molar-refractivity contribution >= 4 is 5.69 Å². The summed E-state index contributed by atoms with van der Waals surface area (Å²) < 4.78 is 5.94. The van der Waals surface area contributed by atoms with Crippen molar-refractivity contribution < 1.29 is 4.74 Å². The van der Waals surface area contributed by atoms with Crippen LogP contribution in [0.15, 0.2) is 54.6 Å². The topological polar surface area (TPSA) is 35.2 Å². The first kappa shape index (κ1) is 10.9. The third kappa shape index (κ3) is 2.09. The van der Waals surface area contributed by atoms with Crippen LogP contribution in [-0.4, -0.2) is 0 Å². The molecule has 2 heteroatoms. The maximum Gasteiger partial charge on any atom is 0.131 e. The van der Waals surface area contributed by atoms with Gasteiger partial charge in [0.15, 0.2) is 0 Å². The van der Waals surface area contributed by atoms with Crippen LogP contribution in [0.4, 0.5) is 5.69 Å². The second kappa shape index (κ2) is 4.57. The molecule has 1 aliphatic rings. The highest BCUT2D eigenvalue weighted by Gasteiger charge is 2.11. The minimum atomic E-state index is 0.750. The van der Waals surface area contributed by atoms with Crippen molar-refractivity contribution in [3.8, 4) is 11.5 Å². The molecule has 0 radical (unpaired) electrons. The van der Waals surface area contributed by atoms with Gasteiger partial charge in [-0.25, -0.2) is 0 Å². The first-order valence-electron chi connectivity index (χ1n) is 6.12. The molecule has 3 rings (SSSR count). The number of anilines is 1. The molecule has 0 atom stereocenters. The molecule has 0 spiro atoms. The predicted molar refractivity (Wildman–Crippen MR) is 73.9 cm³/mol. The highest BCUT2D eigenvalue weighted by Crippen LogP contribution is 2.30. The van der Waals surface area contributed by atoms with Gasteiger partial charge >= 0.3 is 0 Å². The quantitative estimate of drug-likeness (QED) is 0.638. The van der Waals surface area contributed by atoms with Gasteiger partial charge in [-0.1, -0.05) is 24.3 Å². The third-order valence-electron chi connectivity index (χ3n) is 3.16. The van der Waals surface area contributed by atoms with E-state index in [1.54, 1.807) is 0 Å². The van der Waals surface area contributed by atoms with E-state index < -0.39 is 0 Å². The number of ether oxygens (including phenoxy) is 1. The van der Waals surface area contributed by atoms with Gasteiger partial charge in [-0.05, 0) is 48.7 Å². The molecule has 2 aromatic carbocycles. The van der Waals surface area contributed by atoms with Crippen LogP contribution >= 0.6 is 0 Å². The van der Waals surface area contributed by atoms with Crippen molar-refractivity contribution in [1.29, 1.82) is 0 Å². The Morgan fingerprint density at radius 2 is 1.67 bits per heavy atom. The lowest BCUT2D eigenvalue weighted by Crippen LogP contribution is -2.00. The summed E-state index contributed by atoms with van der Waals surface area (Å²) in [5.74, 6) is 1.77. The van der Waals surface area contributed by atoms with Crippen LogP contribution in [0.5, 0.6) is 11.5 Å². The van der Waals surface area contributed by atoms with Gasteiger partial charge in [-0.15, -0.1) is 0 Å². The zero-order chi connectivity index (χ0) is 12.4. The summed E-state index contributed by atoms with van der Waals surface area (Å²) in [6.45, 7) is 0. The molecular formula is C16H15NO. The van der Waals surface area contributed by atoms with Crippen molar-refractivity contribution in [1.82, 2.24) is 0 Å². The molecule has 0 unspecified atom stereocenters. The Bertz CT molecular complexity index is 585. The highest BCUT2D eigenvalue weighted by atomic mass is 16.5. The lowest BCUT2D eigenvalue weighted by Gasteiger charge is -2.16. The molecule has 0 fully saturated rings. The maximum atomic E-state index is 5.94. The van der Waals surface area contributed by atoms with E-state index in [0.717, 1.165) is 30.0 Å².